The summed E-state index contributed by atoms with van der Waals surface area (Å²) in [4.78, 5) is 45.6. The van der Waals surface area contributed by atoms with Crippen LogP contribution in [0.15, 0.2) is 60.7 Å². The number of hydrogen-bond acceptors (Lipinski definition) is 6. The molecule has 0 aromatic carbocycles. The number of amides is 2. The number of rotatable bonds is 4. The van der Waals surface area contributed by atoms with Gasteiger partial charge in [0.2, 0.25) is 0 Å². The number of aromatic amines is 1. The molecule has 2 amide bonds. The van der Waals surface area contributed by atoms with E-state index in [1.807, 2.05) is 50.2 Å². The molecule has 0 saturated carbocycles. The van der Waals surface area contributed by atoms with Crippen LogP contribution in [0.4, 0.5) is 11.6 Å². The Hall–Kier alpha value is -4.66. The molecule has 9 heteroatoms. The SMILES string of the molecule is Cc1ccc2ccc(NC(=O)c3ccc(C(=O)Nc4ccc5ccc(C)nc5n4)[nH]3)nc2n1. The van der Waals surface area contributed by atoms with Crippen LogP contribution >= 0.6 is 0 Å². The zero-order valence-corrected chi connectivity index (χ0v) is 17.9. The summed E-state index contributed by atoms with van der Waals surface area (Å²) in [6.45, 7) is 3.76. The molecule has 0 spiro atoms. The number of nitrogens with zero attached hydrogens (tertiary/aromatic N) is 4. The van der Waals surface area contributed by atoms with Gasteiger partial charge in [0.25, 0.3) is 11.8 Å². The highest BCUT2D eigenvalue weighted by molar-refractivity contribution is 6.07. The Balaban J connectivity index is 1.30. The minimum absolute atomic E-state index is 0.225. The van der Waals surface area contributed by atoms with Crippen LogP contribution in [-0.4, -0.2) is 36.7 Å². The Labute approximate surface area is 188 Å². The Bertz CT molecular complexity index is 1430. The summed E-state index contributed by atoms with van der Waals surface area (Å²) in [6, 6.07) is 17.8. The van der Waals surface area contributed by atoms with E-state index in [0.717, 1.165) is 22.2 Å². The number of carbonyl (C=O) groups excluding carboxylic acids is 2. The van der Waals surface area contributed by atoms with Crippen molar-refractivity contribution in [2.45, 2.75) is 13.8 Å². The fourth-order valence-corrected chi connectivity index (χ4v) is 3.35. The number of fused-ring (bicyclic) bond motifs is 2. The van der Waals surface area contributed by atoms with Crippen molar-refractivity contribution in [2.75, 3.05) is 10.6 Å². The van der Waals surface area contributed by atoms with Crippen LogP contribution in [0.3, 0.4) is 0 Å². The maximum absolute atomic E-state index is 12.6. The summed E-state index contributed by atoms with van der Waals surface area (Å²) in [5, 5.41) is 7.21. The second kappa shape index (κ2) is 8.12. The van der Waals surface area contributed by atoms with Gasteiger partial charge < -0.3 is 15.6 Å². The molecule has 5 heterocycles. The van der Waals surface area contributed by atoms with E-state index in [1.54, 1.807) is 12.1 Å². The van der Waals surface area contributed by atoms with Gasteiger partial charge in [-0.1, -0.05) is 0 Å². The van der Waals surface area contributed by atoms with Gasteiger partial charge in [0.15, 0.2) is 11.3 Å². The summed E-state index contributed by atoms with van der Waals surface area (Å²) in [6.07, 6.45) is 0. The number of nitrogens with one attached hydrogen (secondary N) is 3. The normalized spacial score (nSPS) is 11.0. The number of H-pyrrole nitrogens is 1. The molecular formula is C24H19N7O2. The van der Waals surface area contributed by atoms with E-state index in [2.05, 4.69) is 35.6 Å². The van der Waals surface area contributed by atoms with E-state index < -0.39 is 11.8 Å². The molecule has 0 bridgehead atoms. The van der Waals surface area contributed by atoms with E-state index in [4.69, 9.17) is 0 Å². The van der Waals surface area contributed by atoms with E-state index in [-0.39, 0.29) is 11.4 Å². The van der Waals surface area contributed by atoms with Gasteiger partial charge >= 0.3 is 0 Å². The molecule has 5 rings (SSSR count). The lowest BCUT2D eigenvalue weighted by Crippen LogP contribution is -2.16. The van der Waals surface area contributed by atoms with Gasteiger partial charge in [0.05, 0.1) is 0 Å². The highest BCUT2D eigenvalue weighted by Gasteiger charge is 2.15. The molecule has 0 aliphatic heterocycles. The zero-order chi connectivity index (χ0) is 22.9. The van der Waals surface area contributed by atoms with Gasteiger partial charge in [-0.2, -0.15) is 0 Å². The fourth-order valence-electron chi connectivity index (χ4n) is 3.35. The first-order chi connectivity index (χ1) is 15.9. The summed E-state index contributed by atoms with van der Waals surface area (Å²) < 4.78 is 0. The van der Waals surface area contributed by atoms with Crippen molar-refractivity contribution < 1.29 is 9.59 Å². The number of carbonyl (C=O) groups is 2. The third-order valence-electron chi connectivity index (χ3n) is 5.04. The molecule has 0 aliphatic carbocycles. The largest absolute Gasteiger partial charge is 0.347 e. The van der Waals surface area contributed by atoms with Crippen LogP contribution < -0.4 is 10.6 Å². The molecule has 5 aromatic heterocycles. The van der Waals surface area contributed by atoms with E-state index >= 15 is 0 Å². The minimum Gasteiger partial charge on any atom is -0.347 e. The molecule has 9 nitrogen and oxygen atoms in total. The number of anilines is 2. The monoisotopic (exact) mass is 437 g/mol. The summed E-state index contributed by atoms with van der Waals surface area (Å²) >= 11 is 0. The second-order valence-corrected chi connectivity index (χ2v) is 7.59. The maximum atomic E-state index is 12.6. The lowest BCUT2D eigenvalue weighted by atomic mass is 10.2. The second-order valence-electron chi connectivity index (χ2n) is 7.59. The molecule has 0 fully saturated rings. The average molecular weight is 437 g/mol. The predicted molar refractivity (Wildman–Crippen MR) is 125 cm³/mol. The van der Waals surface area contributed by atoms with E-state index in [1.165, 1.54) is 12.1 Å². The number of hydrogen-bond donors (Lipinski definition) is 3. The quantitative estimate of drug-likeness (QED) is 0.390. The van der Waals surface area contributed by atoms with Crippen molar-refractivity contribution in [3.05, 3.63) is 83.4 Å². The molecule has 0 radical (unpaired) electrons. The highest BCUT2D eigenvalue weighted by Crippen LogP contribution is 2.16. The molecular weight excluding hydrogens is 418 g/mol. The molecule has 0 aliphatic rings. The third-order valence-corrected chi connectivity index (χ3v) is 5.04. The van der Waals surface area contributed by atoms with Crippen molar-refractivity contribution in [1.82, 2.24) is 24.9 Å². The molecule has 3 N–H and O–H groups in total. The highest BCUT2D eigenvalue weighted by atomic mass is 16.2. The smallest absolute Gasteiger partial charge is 0.273 e. The molecule has 0 atom stereocenters. The summed E-state index contributed by atoms with van der Waals surface area (Å²) in [5.41, 5.74) is 3.22. The van der Waals surface area contributed by atoms with Gasteiger partial charge in [0.1, 0.15) is 23.0 Å². The Kier molecular flexibility index (Phi) is 4.98. The predicted octanol–water partition coefficient (Wildman–Crippen LogP) is 4.02. The van der Waals surface area contributed by atoms with Crippen LogP contribution in [0.2, 0.25) is 0 Å². The first kappa shape index (κ1) is 20.3. The Morgan fingerprint density at radius 1 is 0.606 bits per heavy atom. The van der Waals surface area contributed by atoms with Crippen LogP contribution in [0.1, 0.15) is 32.4 Å². The van der Waals surface area contributed by atoms with Crippen molar-refractivity contribution >= 4 is 45.5 Å². The first-order valence-electron chi connectivity index (χ1n) is 10.3. The number of pyridine rings is 4. The van der Waals surface area contributed by atoms with E-state index in [9.17, 15) is 9.59 Å². The molecule has 5 aromatic rings. The summed E-state index contributed by atoms with van der Waals surface area (Å²) in [7, 11) is 0. The molecule has 162 valence electrons. The van der Waals surface area contributed by atoms with Crippen molar-refractivity contribution in [3.8, 4) is 0 Å². The fraction of sp³-hybridized carbons (Fsp3) is 0.0833. The van der Waals surface area contributed by atoms with Gasteiger partial charge in [-0.05, 0) is 74.5 Å². The van der Waals surface area contributed by atoms with Crippen LogP contribution in [0, 0.1) is 13.8 Å². The van der Waals surface area contributed by atoms with Crippen LogP contribution in [0.25, 0.3) is 22.1 Å². The van der Waals surface area contributed by atoms with Gasteiger partial charge in [-0.25, -0.2) is 19.9 Å². The number of aryl methyl sites for hydroxylation is 2. The Morgan fingerprint density at radius 3 is 1.48 bits per heavy atom. The van der Waals surface area contributed by atoms with Crippen LogP contribution in [-0.2, 0) is 0 Å². The standard InChI is InChI=1S/C24H19N7O2/c1-13-3-5-15-7-11-19(28-21(15)25-13)30-23(32)17-9-10-18(27-17)24(33)31-20-12-8-16-6-4-14(2)26-22(16)29-20/h3-12,27H,1-2H3,(H,25,28,30,32)(H,26,29,31,33). The van der Waals surface area contributed by atoms with Gasteiger partial charge in [-0.15, -0.1) is 0 Å². The topological polar surface area (TPSA) is 126 Å². The van der Waals surface area contributed by atoms with E-state index in [0.29, 0.717) is 22.9 Å². The molecule has 0 unspecified atom stereocenters. The minimum atomic E-state index is -0.419. The van der Waals surface area contributed by atoms with Crippen molar-refractivity contribution in [3.63, 3.8) is 0 Å². The lowest BCUT2D eigenvalue weighted by molar-refractivity contribution is 0.102. The first-order valence-corrected chi connectivity index (χ1v) is 10.3. The van der Waals surface area contributed by atoms with Gasteiger partial charge in [0, 0.05) is 22.2 Å². The van der Waals surface area contributed by atoms with Crippen molar-refractivity contribution in [2.24, 2.45) is 0 Å². The van der Waals surface area contributed by atoms with Crippen molar-refractivity contribution in [1.29, 1.82) is 0 Å². The van der Waals surface area contributed by atoms with Crippen LogP contribution in [0.5, 0.6) is 0 Å². The Morgan fingerprint density at radius 2 is 1.03 bits per heavy atom. The van der Waals surface area contributed by atoms with Gasteiger partial charge in [-0.3, -0.25) is 9.59 Å². The lowest BCUT2D eigenvalue weighted by Gasteiger charge is -2.06. The summed E-state index contributed by atoms with van der Waals surface area (Å²) in [5.74, 6) is -0.0992. The average Bonchev–Trinajstić information content (AvgIpc) is 3.29. The maximum Gasteiger partial charge on any atom is 0.273 e. The zero-order valence-electron chi connectivity index (χ0n) is 17.9. The molecule has 0 saturated heterocycles. The molecule has 33 heavy (non-hydrogen) atoms. The number of aromatic nitrogens is 5. The third kappa shape index (κ3) is 4.24.